The van der Waals surface area contributed by atoms with Crippen LogP contribution in [-0.2, 0) is 4.65 Å². The normalized spacial score (nSPS) is 13.0. The molecule has 0 heterocycles. The Morgan fingerprint density at radius 1 is 1.25 bits per heavy atom. The molecule has 0 fully saturated rings. The first-order valence-corrected chi connectivity index (χ1v) is 4.72. The minimum Gasteiger partial charge on any atom is -0.402 e. The van der Waals surface area contributed by atoms with Crippen LogP contribution in [0.1, 0.15) is 46.0 Å². The third-order valence-corrected chi connectivity index (χ3v) is 1.90. The number of hydrogen-bond acceptors (Lipinski definition) is 3. The second-order valence-corrected chi connectivity index (χ2v) is 2.99. The summed E-state index contributed by atoms with van der Waals surface area (Å²) >= 11 is 0. The fourth-order valence-electron chi connectivity index (χ4n) is 1.16. The molecule has 4 heteroatoms. The second-order valence-electron chi connectivity index (χ2n) is 2.99. The Kier molecular flexibility index (Phi) is 7.55. The van der Waals surface area contributed by atoms with Gasteiger partial charge in [-0.05, 0) is 12.8 Å². The van der Waals surface area contributed by atoms with Gasteiger partial charge in [0.15, 0.2) is 0 Å². The molecule has 0 aliphatic rings. The molecule has 0 saturated heterocycles. The summed E-state index contributed by atoms with van der Waals surface area (Å²) in [5.41, 5.74) is 0. The first-order valence-electron chi connectivity index (χ1n) is 4.72. The zero-order valence-electron chi connectivity index (χ0n) is 7.99. The lowest BCUT2D eigenvalue weighted by atomic mass is 10.1. The average Bonchev–Trinajstić information content (AvgIpc) is 2.02. The van der Waals surface area contributed by atoms with E-state index in [1.807, 2.05) is 6.92 Å². The van der Waals surface area contributed by atoms with Gasteiger partial charge in [-0.1, -0.05) is 33.1 Å². The molecule has 0 amide bonds. The summed E-state index contributed by atoms with van der Waals surface area (Å²) in [5.74, 6) is 0. The standard InChI is InChI=1S/C8H19BO3/c1-3-5-6-7-8(4-2)12-9(10)11/h8,10-11H,3-7H2,1-2H3. The van der Waals surface area contributed by atoms with Crippen LogP contribution in [0.4, 0.5) is 0 Å². The van der Waals surface area contributed by atoms with Crippen LogP contribution in [0.2, 0.25) is 0 Å². The quantitative estimate of drug-likeness (QED) is 0.452. The first-order chi connectivity index (χ1) is 5.70. The predicted octanol–water partition coefficient (Wildman–Crippen LogP) is 1.33. The van der Waals surface area contributed by atoms with Crippen molar-refractivity contribution >= 4 is 7.32 Å². The van der Waals surface area contributed by atoms with Crippen molar-refractivity contribution in [3.8, 4) is 0 Å². The second kappa shape index (κ2) is 7.59. The molecule has 1 atom stereocenters. The van der Waals surface area contributed by atoms with E-state index in [1.54, 1.807) is 0 Å². The Hall–Kier alpha value is -0.0551. The van der Waals surface area contributed by atoms with Gasteiger partial charge >= 0.3 is 7.32 Å². The molecule has 0 rings (SSSR count). The van der Waals surface area contributed by atoms with Crippen LogP contribution in [-0.4, -0.2) is 23.5 Å². The van der Waals surface area contributed by atoms with E-state index in [2.05, 4.69) is 6.92 Å². The maximum atomic E-state index is 8.54. The molecular weight excluding hydrogens is 155 g/mol. The molecule has 1 unspecified atom stereocenters. The van der Waals surface area contributed by atoms with Crippen molar-refractivity contribution in [2.75, 3.05) is 0 Å². The summed E-state index contributed by atoms with van der Waals surface area (Å²) < 4.78 is 4.86. The van der Waals surface area contributed by atoms with Crippen LogP contribution in [0, 0.1) is 0 Å². The average molecular weight is 174 g/mol. The summed E-state index contributed by atoms with van der Waals surface area (Å²) in [4.78, 5) is 0. The summed E-state index contributed by atoms with van der Waals surface area (Å²) in [6, 6.07) is 0. The SMILES string of the molecule is CCCCCC(CC)OB(O)O. The van der Waals surface area contributed by atoms with Crippen molar-refractivity contribution in [1.82, 2.24) is 0 Å². The molecule has 0 aliphatic heterocycles. The number of hydrogen-bond donors (Lipinski definition) is 2. The van der Waals surface area contributed by atoms with Crippen LogP contribution in [0.5, 0.6) is 0 Å². The van der Waals surface area contributed by atoms with Crippen molar-refractivity contribution < 1.29 is 14.7 Å². The lowest BCUT2D eigenvalue weighted by Gasteiger charge is -2.14. The molecule has 0 spiro atoms. The fraction of sp³-hybridized carbons (Fsp3) is 1.00. The van der Waals surface area contributed by atoms with Gasteiger partial charge in [-0.3, -0.25) is 0 Å². The molecule has 3 nitrogen and oxygen atoms in total. The molecule has 2 N–H and O–H groups in total. The van der Waals surface area contributed by atoms with Gasteiger partial charge in [-0.25, -0.2) is 0 Å². The number of rotatable bonds is 7. The van der Waals surface area contributed by atoms with Crippen molar-refractivity contribution in [3.05, 3.63) is 0 Å². The van der Waals surface area contributed by atoms with Crippen LogP contribution in [0.25, 0.3) is 0 Å². The topological polar surface area (TPSA) is 49.7 Å². The van der Waals surface area contributed by atoms with E-state index in [0.717, 1.165) is 19.3 Å². The Morgan fingerprint density at radius 2 is 1.92 bits per heavy atom. The van der Waals surface area contributed by atoms with E-state index in [-0.39, 0.29) is 6.10 Å². The van der Waals surface area contributed by atoms with Crippen LogP contribution >= 0.6 is 0 Å². The molecule has 0 aromatic heterocycles. The van der Waals surface area contributed by atoms with E-state index in [4.69, 9.17) is 14.7 Å². The van der Waals surface area contributed by atoms with Crippen molar-refractivity contribution in [3.63, 3.8) is 0 Å². The highest BCUT2D eigenvalue weighted by Gasteiger charge is 2.15. The van der Waals surface area contributed by atoms with Gasteiger partial charge in [0.1, 0.15) is 0 Å². The van der Waals surface area contributed by atoms with E-state index in [9.17, 15) is 0 Å². The monoisotopic (exact) mass is 174 g/mol. The maximum Gasteiger partial charge on any atom is 0.634 e. The highest BCUT2D eigenvalue weighted by molar-refractivity contribution is 6.32. The van der Waals surface area contributed by atoms with Crippen molar-refractivity contribution in [2.24, 2.45) is 0 Å². The van der Waals surface area contributed by atoms with Gasteiger partial charge in [0.25, 0.3) is 0 Å². The molecule has 0 bridgehead atoms. The summed E-state index contributed by atoms with van der Waals surface area (Å²) in [7, 11) is -1.61. The van der Waals surface area contributed by atoms with Crippen LogP contribution in [0.3, 0.4) is 0 Å². The molecule has 0 aromatic rings. The summed E-state index contributed by atoms with van der Waals surface area (Å²) in [5, 5.41) is 17.1. The minimum absolute atomic E-state index is 0.00319. The largest absolute Gasteiger partial charge is 0.634 e. The maximum absolute atomic E-state index is 8.54. The highest BCUT2D eigenvalue weighted by atomic mass is 16.6. The van der Waals surface area contributed by atoms with E-state index in [0.29, 0.717) is 0 Å². The molecule has 0 aromatic carbocycles. The van der Waals surface area contributed by atoms with Gasteiger partial charge in [0.2, 0.25) is 0 Å². The third kappa shape index (κ3) is 6.64. The molecule has 0 saturated carbocycles. The highest BCUT2D eigenvalue weighted by Crippen LogP contribution is 2.09. The van der Waals surface area contributed by atoms with E-state index < -0.39 is 7.32 Å². The van der Waals surface area contributed by atoms with Crippen molar-refractivity contribution in [2.45, 2.75) is 52.1 Å². The van der Waals surface area contributed by atoms with Crippen LogP contribution in [0.15, 0.2) is 0 Å². The Balaban J connectivity index is 3.39. The molecular formula is C8H19BO3. The molecule has 72 valence electrons. The van der Waals surface area contributed by atoms with E-state index in [1.165, 1.54) is 12.8 Å². The molecule has 12 heavy (non-hydrogen) atoms. The molecule has 0 aliphatic carbocycles. The van der Waals surface area contributed by atoms with E-state index >= 15 is 0 Å². The summed E-state index contributed by atoms with van der Waals surface area (Å²) in [6.45, 7) is 4.13. The molecule has 0 radical (unpaired) electrons. The van der Waals surface area contributed by atoms with Gasteiger partial charge in [0.05, 0.1) is 0 Å². The minimum atomic E-state index is -1.61. The Morgan fingerprint density at radius 3 is 2.33 bits per heavy atom. The fourth-order valence-corrected chi connectivity index (χ4v) is 1.16. The van der Waals surface area contributed by atoms with Gasteiger partial charge < -0.3 is 14.7 Å². The zero-order valence-corrected chi connectivity index (χ0v) is 7.99. The lowest BCUT2D eigenvalue weighted by molar-refractivity contribution is 0.107. The van der Waals surface area contributed by atoms with Crippen LogP contribution < -0.4 is 0 Å². The van der Waals surface area contributed by atoms with Gasteiger partial charge in [0, 0.05) is 6.10 Å². The number of unbranched alkanes of at least 4 members (excludes halogenated alkanes) is 2. The van der Waals surface area contributed by atoms with Gasteiger partial charge in [-0.15, -0.1) is 0 Å². The summed E-state index contributed by atoms with van der Waals surface area (Å²) in [6.07, 6.45) is 5.21. The Bertz CT molecular complexity index is 98.3. The smallest absolute Gasteiger partial charge is 0.402 e. The predicted molar refractivity (Wildman–Crippen MR) is 49.5 cm³/mol. The third-order valence-electron chi connectivity index (χ3n) is 1.90. The zero-order chi connectivity index (χ0) is 9.40. The van der Waals surface area contributed by atoms with Crippen molar-refractivity contribution in [1.29, 1.82) is 0 Å². The lowest BCUT2D eigenvalue weighted by Crippen LogP contribution is -2.25. The Labute approximate surface area is 74.9 Å². The first kappa shape index (κ1) is 11.9. The van der Waals surface area contributed by atoms with Gasteiger partial charge in [-0.2, -0.15) is 0 Å².